The van der Waals surface area contributed by atoms with Crippen molar-refractivity contribution in [3.63, 3.8) is 0 Å². The smallest absolute Gasteiger partial charge is 0.263 e. The van der Waals surface area contributed by atoms with Gasteiger partial charge in [-0.3, -0.25) is 13.8 Å². The van der Waals surface area contributed by atoms with Crippen molar-refractivity contribution < 1.29 is 0 Å². The molecule has 0 radical (unpaired) electrons. The summed E-state index contributed by atoms with van der Waals surface area (Å²) >= 11 is 3.11. The number of nitrogens with zero attached hydrogens (tertiary/aromatic N) is 5. The van der Waals surface area contributed by atoms with Crippen molar-refractivity contribution in [2.45, 2.75) is 44.6 Å². The van der Waals surface area contributed by atoms with Gasteiger partial charge in [-0.15, -0.1) is 17.9 Å². The van der Waals surface area contributed by atoms with E-state index in [-0.39, 0.29) is 5.56 Å². The minimum Gasteiger partial charge on any atom is -0.288 e. The number of thioether (sulfide) groups is 1. The van der Waals surface area contributed by atoms with Crippen molar-refractivity contribution in [1.82, 2.24) is 23.9 Å². The number of rotatable bonds is 6. The van der Waals surface area contributed by atoms with Crippen molar-refractivity contribution >= 4 is 39.1 Å². The number of thiophene rings is 1. The summed E-state index contributed by atoms with van der Waals surface area (Å²) in [6.07, 6.45) is 4.63. The maximum absolute atomic E-state index is 12.9. The predicted molar refractivity (Wildman–Crippen MR) is 115 cm³/mol. The average molecular weight is 412 g/mol. The van der Waals surface area contributed by atoms with E-state index in [1.54, 1.807) is 22.0 Å². The van der Waals surface area contributed by atoms with E-state index >= 15 is 0 Å². The number of hydrogen-bond acceptors (Lipinski definition) is 6. The predicted octanol–water partition coefficient (Wildman–Crippen LogP) is 4.16. The van der Waals surface area contributed by atoms with Crippen LogP contribution in [0.1, 0.15) is 28.9 Å². The minimum absolute atomic E-state index is 0.00788. The molecule has 0 atom stereocenters. The number of imidazole rings is 1. The van der Waals surface area contributed by atoms with Gasteiger partial charge in [0.2, 0.25) is 5.78 Å². The third kappa shape index (κ3) is 3.38. The third-order valence-corrected chi connectivity index (χ3v) is 6.67. The van der Waals surface area contributed by atoms with Crippen LogP contribution in [0.15, 0.2) is 40.9 Å². The van der Waals surface area contributed by atoms with Gasteiger partial charge in [0.05, 0.1) is 11.1 Å². The molecule has 0 aliphatic heterocycles. The first-order valence-corrected chi connectivity index (χ1v) is 10.9. The zero-order valence-electron chi connectivity index (χ0n) is 16.1. The van der Waals surface area contributed by atoms with Gasteiger partial charge >= 0.3 is 0 Å². The summed E-state index contributed by atoms with van der Waals surface area (Å²) in [7, 11) is 0. The first kappa shape index (κ1) is 18.9. The molecule has 0 aromatic carbocycles. The lowest BCUT2D eigenvalue weighted by molar-refractivity contribution is 0.672. The first-order chi connectivity index (χ1) is 13.5. The number of aromatic nitrogens is 5. The number of hydrogen-bond donors (Lipinski definition) is 0. The van der Waals surface area contributed by atoms with E-state index in [1.165, 1.54) is 16.6 Å². The third-order valence-electron chi connectivity index (χ3n) is 4.49. The first-order valence-electron chi connectivity index (χ1n) is 9.09. The molecule has 0 saturated heterocycles. The largest absolute Gasteiger partial charge is 0.288 e. The van der Waals surface area contributed by atoms with Gasteiger partial charge in [-0.05, 0) is 32.4 Å². The van der Waals surface area contributed by atoms with Crippen molar-refractivity contribution in [3.8, 4) is 0 Å². The van der Waals surface area contributed by atoms with Gasteiger partial charge in [-0.2, -0.15) is 0 Å². The minimum atomic E-state index is -0.00788. The fourth-order valence-corrected chi connectivity index (χ4v) is 5.05. The summed E-state index contributed by atoms with van der Waals surface area (Å²) in [6, 6.07) is 3.99. The zero-order valence-corrected chi connectivity index (χ0v) is 17.7. The lowest BCUT2D eigenvalue weighted by atomic mass is 10.3. The molecule has 28 heavy (non-hydrogen) atoms. The Kier molecular flexibility index (Phi) is 5.07. The van der Waals surface area contributed by atoms with Crippen LogP contribution >= 0.6 is 23.1 Å². The van der Waals surface area contributed by atoms with Crippen molar-refractivity contribution in [1.29, 1.82) is 0 Å². The van der Waals surface area contributed by atoms with Crippen molar-refractivity contribution in [2.75, 3.05) is 0 Å². The molecule has 0 bridgehead atoms. The molecule has 8 heteroatoms. The molecule has 0 unspecified atom stereocenters. The summed E-state index contributed by atoms with van der Waals surface area (Å²) in [5.41, 5.74) is 2.95. The SMILES string of the molecule is C=CCn1c(SCc2cn3c(C)cc(C)nc3n2)nc2sc(CC)cc2c1=O. The molecular weight excluding hydrogens is 390 g/mol. The van der Waals surface area contributed by atoms with Crippen LogP contribution in [-0.2, 0) is 18.7 Å². The van der Waals surface area contributed by atoms with E-state index in [0.717, 1.165) is 28.3 Å². The highest BCUT2D eigenvalue weighted by Crippen LogP contribution is 2.27. The lowest BCUT2D eigenvalue weighted by Crippen LogP contribution is -2.22. The van der Waals surface area contributed by atoms with Crippen LogP contribution in [-0.4, -0.2) is 23.9 Å². The number of allylic oxidation sites excluding steroid dienone is 1. The lowest BCUT2D eigenvalue weighted by Gasteiger charge is -2.09. The Morgan fingerprint density at radius 1 is 1.25 bits per heavy atom. The topological polar surface area (TPSA) is 65.1 Å². The average Bonchev–Trinajstić information content (AvgIpc) is 3.26. The van der Waals surface area contributed by atoms with Gasteiger partial charge in [-0.1, -0.05) is 24.8 Å². The maximum Gasteiger partial charge on any atom is 0.263 e. The van der Waals surface area contributed by atoms with E-state index in [2.05, 4.69) is 23.5 Å². The molecule has 0 fully saturated rings. The van der Waals surface area contributed by atoms with Gasteiger partial charge in [-0.25, -0.2) is 15.0 Å². The van der Waals surface area contributed by atoms with Crippen LogP contribution in [0.25, 0.3) is 16.0 Å². The summed E-state index contributed by atoms with van der Waals surface area (Å²) < 4.78 is 3.68. The normalized spacial score (nSPS) is 11.5. The summed E-state index contributed by atoms with van der Waals surface area (Å²) in [4.78, 5) is 28.8. The van der Waals surface area contributed by atoms with E-state index < -0.39 is 0 Å². The van der Waals surface area contributed by atoms with Crippen LogP contribution in [0, 0.1) is 13.8 Å². The molecule has 0 aliphatic carbocycles. The quantitative estimate of drug-likeness (QED) is 0.271. The maximum atomic E-state index is 12.9. The molecule has 0 spiro atoms. The molecule has 4 aromatic rings. The van der Waals surface area contributed by atoms with E-state index in [4.69, 9.17) is 4.98 Å². The molecule has 0 saturated carbocycles. The van der Waals surface area contributed by atoms with Gasteiger partial charge in [0, 0.05) is 34.8 Å². The van der Waals surface area contributed by atoms with E-state index in [1.807, 2.05) is 36.6 Å². The van der Waals surface area contributed by atoms with E-state index in [0.29, 0.717) is 28.6 Å². The molecule has 6 nitrogen and oxygen atoms in total. The standard InChI is InChI=1S/C20H21N5OS2/c1-5-7-24-18(26)16-9-15(6-2)28-17(16)23-20(24)27-11-14-10-25-13(4)8-12(3)21-19(25)22-14/h5,8-10H,1,6-7,11H2,2-4H3. The summed E-state index contributed by atoms with van der Waals surface area (Å²) in [6.45, 7) is 10.3. The number of aryl methyl sites for hydroxylation is 3. The Balaban J connectivity index is 1.70. The van der Waals surface area contributed by atoms with Gasteiger partial charge in [0.1, 0.15) is 4.83 Å². The van der Waals surface area contributed by atoms with Crippen LogP contribution in [0.5, 0.6) is 0 Å². The fourth-order valence-electron chi connectivity index (χ4n) is 3.15. The number of fused-ring (bicyclic) bond motifs is 2. The van der Waals surface area contributed by atoms with Crippen molar-refractivity contribution in [3.05, 3.63) is 63.3 Å². The molecule has 144 valence electrons. The molecule has 0 amide bonds. The van der Waals surface area contributed by atoms with Crippen LogP contribution in [0.2, 0.25) is 0 Å². The van der Waals surface area contributed by atoms with Crippen LogP contribution in [0.4, 0.5) is 0 Å². The Labute approximate surface area is 171 Å². The second-order valence-electron chi connectivity index (χ2n) is 6.61. The van der Waals surface area contributed by atoms with E-state index in [9.17, 15) is 4.79 Å². The zero-order chi connectivity index (χ0) is 19.8. The van der Waals surface area contributed by atoms with Gasteiger partial charge in [0.25, 0.3) is 5.56 Å². The highest BCUT2D eigenvalue weighted by molar-refractivity contribution is 7.98. The van der Waals surface area contributed by atoms with Gasteiger partial charge < -0.3 is 0 Å². The molecule has 4 heterocycles. The Morgan fingerprint density at radius 2 is 2.07 bits per heavy atom. The molecular formula is C20H21N5OS2. The second kappa shape index (κ2) is 7.52. The van der Waals surface area contributed by atoms with Crippen LogP contribution < -0.4 is 5.56 Å². The molecule has 0 aliphatic rings. The second-order valence-corrected chi connectivity index (χ2v) is 8.67. The summed E-state index contributed by atoms with van der Waals surface area (Å²) in [5, 5.41) is 1.39. The highest BCUT2D eigenvalue weighted by Gasteiger charge is 2.15. The Bertz CT molecular complexity index is 1250. The molecule has 4 aromatic heterocycles. The monoisotopic (exact) mass is 411 g/mol. The summed E-state index contributed by atoms with van der Waals surface area (Å²) in [5.74, 6) is 1.31. The van der Waals surface area contributed by atoms with Crippen molar-refractivity contribution in [2.24, 2.45) is 0 Å². The Morgan fingerprint density at radius 3 is 2.82 bits per heavy atom. The fraction of sp³-hybridized carbons (Fsp3) is 0.300. The Hall–Kier alpha value is -2.45. The highest BCUT2D eigenvalue weighted by atomic mass is 32.2. The molecule has 4 rings (SSSR count). The molecule has 0 N–H and O–H groups in total. The van der Waals surface area contributed by atoms with Crippen LogP contribution in [0.3, 0.4) is 0 Å². The van der Waals surface area contributed by atoms with Gasteiger partial charge in [0.15, 0.2) is 5.16 Å².